The zero-order chi connectivity index (χ0) is 12.3. The van der Waals surface area contributed by atoms with Gasteiger partial charge in [-0.1, -0.05) is 25.7 Å². The highest BCUT2D eigenvalue weighted by atomic mass is 16.5. The predicted molar refractivity (Wildman–Crippen MR) is 65.9 cm³/mol. The summed E-state index contributed by atoms with van der Waals surface area (Å²) in [5, 5.41) is 9.53. The largest absolute Gasteiger partial charge is 0.492 e. The Morgan fingerprint density at radius 1 is 1.35 bits per heavy atom. The minimum atomic E-state index is -0.291. The fourth-order valence-corrected chi connectivity index (χ4v) is 2.88. The Bertz CT molecular complexity index is 365. The van der Waals surface area contributed by atoms with Crippen molar-refractivity contribution in [1.29, 1.82) is 0 Å². The molecule has 1 aliphatic rings. The van der Waals surface area contributed by atoms with E-state index in [1.54, 1.807) is 6.20 Å². The van der Waals surface area contributed by atoms with Crippen LogP contribution in [0.25, 0.3) is 0 Å². The molecule has 1 heterocycles. The van der Waals surface area contributed by atoms with Crippen LogP contribution in [0.3, 0.4) is 0 Å². The number of aromatic hydroxyl groups is 1. The van der Waals surface area contributed by atoms with E-state index in [9.17, 15) is 5.11 Å². The summed E-state index contributed by atoms with van der Waals surface area (Å²) < 4.78 is 7.94. The zero-order valence-corrected chi connectivity index (χ0v) is 10.8. The second kappa shape index (κ2) is 5.08. The van der Waals surface area contributed by atoms with Gasteiger partial charge in [0.1, 0.15) is 11.4 Å². The highest BCUT2D eigenvalue weighted by molar-refractivity contribution is 5.14. The van der Waals surface area contributed by atoms with E-state index < -0.39 is 0 Å². The summed E-state index contributed by atoms with van der Waals surface area (Å²) >= 11 is 0. The molecule has 1 aromatic rings. The molecule has 0 unspecified atom stereocenters. The summed E-state index contributed by atoms with van der Waals surface area (Å²) in [4.78, 5) is 4.26. The molecule has 0 radical (unpaired) electrons. The number of aromatic nitrogens is 2. The molecule has 2 rings (SSSR count). The van der Waals surface area contributed by atoms with Crippen molar-refractivity contribution < 1.29 is 9.84 Å². The number of hydrogen-bond acceptors (Lipinski definition) is 3. The Morgan fingerprint density at radius 2 is 2.00 bits per heavy atom. The van der Waals surface area contributed by atoms with Gasteiger partial charge in [0.2, 0.25) is 5.88 Å². The van der Waals surface area contributed by atoms with Crippen LogP contribution in [0.4, 0.5) is 0 Å². The van der Waals surface area contributed by atoms with Crippen LogP contribution in [0.15, 0.2) is 6.20 Å². The Labute approximate surface area is 103 Å². The Kier molecular flexibility index (Phi) is 3.72. The SMILES string of the molecule is CCOC1(c2nc(O)cn2C)CCCCCC1. The lowest BCUT2D eigenvalue weighted by atomic mass is 9.93. The predicted octanol–water partition coefficient (Wildman–Crippen LogP) is 2.71. The van der Waals surface area contributed by atoms with Crippen molar-refractivity contribution in [3.05, 3.63) is 12.0 Å². The molecule has 4 heteroatoms. The van der Waals surface area contributed by atoms with Crippen LogP contribution in [0, 0.1) is 0 Å². The summed E-state index contributed by atoms with van der Waals surface area (Å²) in [6, 6.07) is 0. The van der Waals surface area contributed by atoms with E-state index in [1.165, 1.54) is 25.7 Å². The summed E-state index contributed by atoms with van der Waals surface area (Å²) in [6.07, 6.45) is 8.55. The fraction of sp³-hybridized carbons (Fsp3) is 0.769. The maximum absolute atomic E-state index is 9.53. The van der Waals surface area contributed by atoms with Gasteiger partial charge in [-0.15, -0.1) is 0 Å². The summed E-state index contributed by atoms with van der Waals surface area (Å²) in [6.45, 7) is 2.71. The fourth-order valence-electron chi connectivity index (χ4n) is 2.88. The van der Waals surface area contributed by atoms with Crippen molar-refractivity contribution >= 4 is 0 Å². The number of aryl methyl sites for hydroxylation is 1. The van der Waals surface area contributed by atoms with Crippen LogP contribution in [0.1, 0.15) is 51.3 Å². The van der Waals surface area contributed by atoms with Gasteiger partial charge in [-0.05, 0) is 19.8 Å². The van der Waals surface area contributed by atoms with E-state index in [4.69, 9.17) is 4.74 Å². The van der Waals surface area contributed by atoms with Gasteiger partial charge in [0, 0.05) is 13.7 Å². The van der Waals surface area contributed by atoms with Gasteiger partial charge in [0.15, 0.2) is 0 Å². The molecule has 1 fully saturated rings. The van der Waals surface area contributed by atoms with Gasteiger partial charge in [0.05, 0.1) is 6.20 Å². The minimum absolute atomic E-state index is 0.0887. The first-order valence-electron chi connectivity index (χ1n) is 6.55. The smallest absolute Gasteiger partial charge is 0.229 e. The number of nitrogens with zero attached hydrogens (tertiary/aromatic N) is 2. The standard InChI is InChI=1S/C13H22N2O2/c1-3-17-13(8-6-4-5-7-9-13)12-14-11(16)10-15(12)2/h10,16H,3-9H2,1-2H3. The number of ether oxygens (including phenoxy) is 1. The molecular formula is C13H22N2O2. The third kappa shape index (κ3) is 2.46. The second-order valence-electron chi connectivity index (χ2n) is 4.88. The van der Waals surface area contributed by atoms with E-state index >= 15 is 0 Å². The monoisotopic (exact) mass is 238 g/mol. The first-order valence-corrected chi connectivity index (χ1v) is 6.55. The Morgan fingerprint density at radius 3 is 2.47 bits per heavy atom. The minimum Gasteiger partial charge on any atom is -0.492 e. The van der Waals surface area contributed by atoms with Crippen molar-refractivity contribution in [2.24, 2.45) is 7.05 Å². The van der Waals surface area contributed by atoms with E-state index in [0.29, 0.717) is 6.61 Å². The van der Waals surface area contributed by atoms with E-state index in [1.807, 2.05) is 18.5 Å². The Balaban J connectivity index is 2.34. The molecule has 1 N–H and O–H groups in total. The van der Waals surface area contributed by atoms with Crippen LogP contribution in [0.5, 0.6) is 5.88 Å². The van der Waals surface area contributed by atoms with Crippen LogP contribution in [-0.4, -0.2) is 21.3 Å². The molecule has 0 amide bonds. The van der Waals surface area contributed by atoms with Gasteiger partial charge in [0.25, 0.3) is 0 Å². The van der Waals surface area contributed by atoms with Gasteiger partial charge in [-0.3, -0.25) is 0 Å². The van der Waals surface area contributed by atoms with Crippen molar-refractivity contribution in [1.82, 2.24) is 9.55 Å². The quantitative estimate of drug-likeness (QED) is 0.824. The first-order chi connectivity index (χ1) is 8.18. The van der Waals surface area contributed by atoms with E-state index in [0.717, 1.165) is 18.7 Å². The summed E-state index contributed by atoms with van der Waals surface area (Å²) in [7, 11) is 1.92. The number of hydrogen-bond donors (Lipinski definition) is 1. The molecule has 0 saturated heterocycles. The third-order valence-electron chi connectivity index (χ3n) is 3.60. The summed E-state index contributed by atoms with van der Waals surface area (Å²) in [5.41, 5.74) is -0.291. The average molecular weight is 238 g/mol. The van der Waals surface area contributed by atoms with Crippen molar-refractivity contribution in [3.63, 3.8) is 0 Å². The Hall–Kier alpha value is -1.03. The third-order valence-corrected chi connectivity index (χ3v) is 3.60. The molecule has 0 atom stereocenters. The molecule has 0 aliphatic heterocycles. The molecule has 17 heavy (non-hydrogen) atoms. The highest BCUT2D eigenvalue weighted by Gasteiger charge is 2.37. The van der Waals surface area contributed by atoms with E-state index in [2.05, 4.69) is 4.98 Å². The van der Waals surface area contributed by atoms with Gasteiger partial charge < -0.3 is 14.4 Å². The van der Waals surface area contributed by atoms with Crippen LogP contribution in [0.2, 0.25) is 0 Å². The molecular weight excluding hydrogens is 216 g/mol. The number of rotatable bonds is 3. The maximum Gasteiger partial charge on any atom is 0.229 e. The lowest BCUT2D eigenvalue weighted by molar-refractivity contribution is -0.0642. The highest BCUT2D eigenvalue weighted by Crippen LogP contribution is 2.39. The number of imidazole rings is 1. The van der Waals surface area contributed by atoms with Gasteiger partial charge in [-0.2, -0.15) is 4.98 Å². The zero-order valence-electron chi connectivity index (χ0n) is 10.8. The molecule has 0 aromatic carbocycles. The van der Waals surface area contributed by atoms with E-state index in [-0.39, 0.29) is 11.5 Å². The van der Waals surface area contributed by atoms with Crippen LogP contribution < -0.4 is 0 Å². The lowest BCUT2D eigenvalue weighted by Gasteiger charge is -2.31. The average Bonchev–Trinajstić information content (AvgIpc) is 2.52. The van der Waals surface area contributed by atoms with Crippen LogP contribution >= 0.6 is 0 Å². The molecule has 4 nitrogen and oxygen atoms in total. The normalized spacial score (nSPS) is 20.1. The maximum atomic E-state index is 9.53. The van der Waals surface area contributed by atoms with Crippen LogP contribution in [-0.2, 0) is 17.4 Å². The molecule has 0 spiro atoms. The second-order valence-corrected chi connectivity index (χ2v) is 4.88. The van der Waals surface area contributed by atoms with Crippen molar-refractivity contribution in [3.8, 4) is 5.88 Å². The summed E-state index contributed by atoms with van der Waals surface area (Å²) in [5.74, 6) is 0.963. The lowest BCUT2D eigenvalue weighted by Crippen LogP contribution is -2.32. The van der Waals surface area contributed by atoms with Crippen molar-refractivity contribution in [2.75, 3.05) is 6.61 Å². The topological polar surface area (TPSA) is 47.3 Å². The molecule has 1 saturated carbocycles. The molecule has 1 aromatic heterocycles. The molecule has 96 valence electrons. The van der Waals surface area contributed by atoms with Gasteiger partial charge >= 0.3 is 0 Å². The van der Waals surface area contributed by atoms with Crippen molar-refractivity contribution in [2.45, 2.75) is 51.0 Å². The first kappa shape index (κ1) is 12.4. The van der Waals surface area contributed by atoms with Gasteiger partial charge in [-0.25, -0.2) is 0 Å². The molecule has 1 aliphatic carbocycles. The molecule has 0 bridgehead atoms.